The molecule has 0 aliphatic rings. The molecule has 0 aromatic carbocycles. The molecule has 0 aliphatic heterocycles. The highest BCUT2D eigenvalue weighted by molar-refractivity contribution is 5.93. The molecular weight excluding hydrogens is 315 g/mol. The molecule has 2 rings (SSSR count). The lowest BCUT2D eigenvalue weighted by Crippen LogP contribution is -2.48. The number of hydrogen-bond acceptors (Lipinski definition) is 5. The normalized spacial score (nSPS) is 10.2. The van der Waals surface area contributed by atoms with E-state index >= 15 is 0 Å². The van der Waals surface area contributed by atoms with Crippen molar-refractivity contribution in [1.82, 2.24) is 15.5 Å². The van der Waals surface area contributed by atoms with Crippen LogP contribution in [0.4, 0.5) is 0 Å². The van der Waals surface area contributed by atoms with Gasteiger partial charge in [0.1, 0.15) is 0 Å². The summed E-state index contributed by atoms with van der Waals surface area (Å²) in [6.07, 6.45) is 3.31. The van der Waals surface area contributed by atoms with Crippen LogP contribution in [0.3, 0.4) is 0 Å². The Morgan fingerprint density at radius 3 is 2.71 bits per heavy atom. The third kappa shape index (κ3) is 5.00. The van der Waals surface area contributed by atoms with Gasteiger partial charge in [-0.05, 0) is 26.0 Å². The minimum atomic E-state index is -0.482. The first-order chi connectivity index (χ1) is 9.02. The van der Waals surface area contributed by atoms with Crippen LogP contribution < -0.4 is 11.1 Å². The fourth-order valence-electron chi connectivity index (χ4n) is 1.45. The van der Waals surface area contributed by atoms with Crippen molar-refractivity contribution in [3.05, 3.63) is 36.3 Å². The zero-order chi connectivity index (χ0) is 13.9. The molecule has 116 valence electrons. The van der Waals surface area contributed by atoms with Gasteiger partial charge in [-0.15, -0.1) is 24.8 Å². The number of nitrogens with one attached hydrogen (secondary N) is 1. The molecule has 0 spiro atoms. The Labute approximate surface area is 135 Å². The molecule has 2 heterocycles. The lowest BCUT2D eigenvalue weighted by molar-refractivity contribution is 0.0906. The topological polar surface area (TPSA) is 94.0 Å². The van der Waals surface area contributed by atoms with Gasteiger partial charge in [-0.3, -0.25) is 9.78 Å². The average molecular weight is 333 g/mol. The molecule has 0 atom stereocenters. The van der Waals surface area contributed by atoms with Gasteiger partial charge >= 0.3 is 0 Å². The molecule has 0 saturated heterocycles. The van der Waals surface area contributed by atoms with E-state index in [-0.39, 0.29) is 36.4 Å². The third-order valence-electron chi connectivity index (χ3n) is 2.65. The standard InChI is InChI=1S/C13H16N4O2.2ClH/c1-13(2,8-14)16-12(18)10-6-11(19-17-10)9-4-3-5-15-7-9;;/h3-7H,8,14H2,1-2H3,(H,16,18);2*1H. The maximum atomic E-state index is 12.0. The molecule has 0 aliphatic carbocycles. The lowest BCUT2D eigenvalue weighted by atomic mass is 10.1. The van der Waals surface area contributed by atoms with E-state index in [1.54, 1.807) is 24.5 Å². The Kier molecular flexibility index (Phi) is 7.35. The van der Waals surface area contributed by atoms with Crippen molar-refractivity contribution >= 4 is 30.7 Å². The number of carbonyl (C=O) groups excluding carboxylic acids is 1. The van der Waals surface area contributed by atoms with Crippen molar-refractivity contribution in [3.8, 4) is 11.3 Å². The van der Waals surface area contributed by atoms with Gasteiger partial charge in [0.05, 0.1) is 0 Å². The lowest BCUT2D eigenvalue weighted by Gasteiger charge is -2.23. The monoisotopic (exact) mass is 332 g/mol. The van der Waals surface area contributed by atoms with Crippen LogP contribution in [-0.4, -0.2) is 28.1 Å². The minimum absolute atomic E-state index is 0. The predicted octanol–water partition coefficient (Wildman–Crippen LogP) is 2.05. The number of pyridine rings is 1. The highest BCUT2D eigenvalue weighted by atomic mass is 35.5. The average Bonchev–Trinajstić information content (AvgIpc) is 2.89. The van der Waals surface area contributed by atoms with E-state index in [2.05, 4.69) is 15.5 Å². The summed E-state index contributed by atoms with van der Waals surface area (Å²) in [4.78, 5) is 15.9. The Morgan fingerprint density at radius 2 is 2.14 bits per heavy atom. The summed E-state index contributed by atoms with van der Waals surface area (Å²) in [6.45, 7) is 4.02. The number of nitrogens with two attached hydrogens (primary N) is 1. The van der Waals surface area contributed by atoms with Crippen LogP contribution in [0.1, 0.15) is 24.3 Å². The first kappa shape index (κ1) is 19.4. The van der Waals surface area contributed by atoms with Gasteiger partial charge < -0.3 is 15.6 Å². The maximum absolute atomic E-state index is 12.0. The van der Waals surface area contributed by atoms with Crippen molar-refractivity contribution in [2.45, 2.75) is 19.4 Å². The van der Waals surface area contributed by atoms with Gasteiger partial charge in [-0.25, -0.2) is 0 Å². The SMILES string of the molecule is CC(C)(CN)NC(=O)c1cc(-c2cccnc2)on1.Cl.Cl. The van der Waals surface area contributed by atoms with E-state index in [1.807, 2.05) is 19.9 Å². The van der Waals surface area contributed by atoms with Gasteiger partial charge in [0.15, 0.2) is 11.5 Å². The second kappa shape index (κ2) is 7.97. The second-order valence-electron chi connectivity index (χ2n) is 4.86. The summed E-state index contributed by atoms with van der Waals surface area (Å²) in [5, 5.41) is 6.54. The van der Waals surface area contributed by atoms with Gasteiger partial charge in [-0.2, -0.15) is 0 Å². The number of aromatic nitrogens is 2. The Morgan fingerprint density at radius 1 is 1.43 bits per heavy atom. The van der Waals surface area contributed by atoms with Crippen molar-refractivity contribution in [1.29, 1.82) is 0 Å². The Hall–Kier alpha value is -1.63. The van der Waals surface area contributed by atoms with Crippen LogP contribution in [0.15, 0.2) is 35.1 Å². The molecule has 0 saturated carbocycles. The summed E-state index contributed by atoms with van der Waals surface area (Å²) >= 11 is 0. The van der Waals surface area contributed by atoms with Gasteiger partial charge in [0, 0.05) is 36.1 Å². The summed E-state index contributed by atoms with van der Waals surface area (Å²) < 4.78 is 5.14. The number of amides is 1. The number of rotatable bonds is 4. The summed E-state index contributed by atoms with van der Waals surface area (Å²) in [5.41, 5.74) is 6.07. The van der Waals surface area contributed by atoms with E-state index in [1.165, 1.54) is 0 Å². The number of carbonyl (C=O) groups is 1. The fourth-order valence-corrected chi connectivity index (χ4v) is 1.45. The minimum Gasteiger partial charge on any atom is -0.355 e. The number of nitrogens with zero attached hydrogens (tertiary/aromatic N) is 2. The second-order valence-corrected chi connectivity index (χ2v) is 4.86. The molecule has 0 radical (unpaired) electrons. The highest BCUT2D eigenvalue weighted by Crippen LogP contribution is 2.19. The van der Waals surface area contributed by atoms with Crippen LogP contribution in [-0.2, 0) is 0 Å². The van der Waals surface area contributed by atoms with Crippen LogP contribution in [0.2, 0.25) is 0 Å². The van der Waals surface area contributed by atoms with Crippen molar-refractivity contribution in [2.24, 2.45) is 5.73 Å². The molecule has 2 aromatic rings. The maximum Gasteiger partial charge on any atom is 0.273 e. The van der Waals surface area contributed by atoms with Crippen LogP contribution in [0.5, 0.6) is 0 Å². The van der Waals surface area contributed by atoms with Crippen LogP contribution in [0.25, 0.3) is 11.3 Å². The van der Waals surface area contributed by atoms with Crippen molar-refractivity contribution in [3.63, 3.8) is 0 Å². The van der Waals surface area contributed by atoms with E-state index in [0.29, 0.717) is 12.3 Å². The molecule has 6 nitrogen and oxygen atoms in total. The fraction of sp³-hybridized carbons (Fsp3) is 0.308. The van der Waals surface area contributed by atoms with Crippen molar-refractivity contribution < 1.29 is 9.32 Å². The summed E-state index contributed by atoms with van der Waals surface area (Å²) in [6, 6.07) is 5.20. The molecule has 21 heavy (non-hydrogen) atoms. The molecule has 0 fully saturated rings. The van der Waals surface area contributed by atoms with E-state index < -0.39 is 5.54 Å². The van der Waals surface area contributed by atoms with E-state index in [9.17, 15) is 4.79 Å². The van der Waals surface area contributed by atoms with E-state index in [4.69, 9.17) is 10.3 Å². The van der Waals surface area contributed by atoms with Crippen molar-refractivity contribution in [2.75, 3.05) is 6.54 Å². The highest BCUT2D eigenvalue weighted by Gasteiger charge is 2.21. The summed E-state index contributed by atoms with van der Waals surface area (Å²) in [7, 11) is 0. The molecule has 8 heteroatoms. The van der Waals surface area contributed by atoms with Gasteiger partial charge in [-0.1, -0.05) is 5.16 Å². The molecule has 0 unspecified atom stereocenters. The zero-order valence-electron chi connectivity index (χ0n) is 11.7. The first-order valence-electron chi connectivity index (χ1n) is 5.91. The quantitative estimate of drug-likeness (QED) is 0.893. The molecule has 0 bridgehead atoms. The predicted molar refractivity (Wildman–Crippen MR) is 84.8 cm³/mol. The molecule has 1 amide bonds. The number of hydrogen-bond donors (Lipinski definition) is 2. The molecule has 2 aromatic heterocycles. The summed E-state index contributed by atoms with van der Waals surface area (Å²) in [5.74, 6) is 0.193. The zero-order valence-corrected chi connectivity index (χ0v) is 13.3. The third-order valence-corrected chi connectivity index (χ3v) is 2.65. The van der Waals surface area contributed by atoms with Gasteiger partial charge in [0.2, 0.25) is 0 Å². The van der Waals surface area contributed by atoms with E-state index in [0.717, 1.165) is 5.56 Å². The van der Waals surface area contributed by atoms with Crippen LogP contribution >= 0.6 is 24.8 Å². The largest absolute Gasteiger partial charge is 0.355 e. The number of halogens is 2. The van der Waals surface area contributed by atoms with Gasteiger partial charge in [0.25, 0.3) is 5.91 Å². The Balaban J connectivity index is 0.00000200. The smallest absolute Gasteiger partial charge is 0.273 e. The van der Waals surface area contributed by atoms with Crippen LogP contribution in [0, 0.1) is 0 Å². The molecular formula is C13H18Cl2N4O2. The Bertz CT molecular complexity index is 573. The first-order valence-corrected chi connectivity index (χ1v) is 5.91. The molecule has 3 N–H and O–H groups in total.